The van der Waals surface area contributed by atoms with Gasteiger partial charge in [-0.15, -0.1) is 0 Å². The Kier molecular flexibility index (Phi) is 5.17. The number of carbonyl (C=O) groups excluding carboxylic acids is 1. The van der Waals surface area contributed by atoms with E-state index in [1.807, 2.05) is 0 Å². The van der Waals surface area contributed by atoms with Gasteiger partial charge < -0.3 is 4.74 Å². The van der Waals surface area contributed by atoms with E-state index in [0.717, 1.165) is 0 Å². The monoisotopic (exact) mass is 285 g/mol. The van der Waals surface area contributed by atoms with Crippen molar-refractivity contribution in [1.82, 2.24) is 0 Å². The van der Waals surface area contributed by atoms with E-state index in [-0.39, 0.29) is 5.75 Å². The molecule has 9 heteroatoms. The zero-order valence-corrected chi connectivity index (χ0v) is 9.71. The Morgan fingerprint density at radius 1 is 1.12 bits per heavy atom. The fourth-order valence-electron chi connectivity index (χ4n) is 1.19. The quantitative estimate of drug-likeness (QED) is 0.450. The molecule has 0 amide bonds. The summed E-state index contributed by atoms with van der Waals surface area (Å²) < 4.78 is 78.8. The van der Waals surface area contributed by atoms with E-state index in [9.17, 15) is 31.1 Å². The minimum atomic E-state index is -5.71. The first-order valence-electron chi connectivity index (χ1n) is 4.45. The van der Waals surface area contributed by atoms with Crippen molar-refractivity contribution in [2.24, 2.45) is 0 Å². The molecule has 0 aliphatic rings. The van der Waals surface area contributed by atoms with Crippen LogP contribution in [0.25, 0.3) is 0 Å². The first-order valence-corrected chi connectivity index (χ1v) is 5.16. The molecule has 0 aromatic rings. The Balaban J connectivity index is 5.46. The van der Waals surface area contributed by atoms with Crippen molar-refractivity contribution in [3.8, 4) is 0 Å². The number of hydrogen-bond donors (Lipinski definition) is 0. The van der Waals surface area contributed by atoms with Gasteiger partial charge in [0.2, 0.25) is 0 Å². The summed E-state index contributed by atoms with van der Waals surface area (Å²) in [6.45, 7) is 0.500. The highest BCUT2D eigenvalue weighted by atomic mass is 32.1. The fraction of sp³-hybridized carbons (Fsp3) is 0.875. The summed E-state index contributed by atoms with van der Waals surface area (Å²) in [7, 11) is 0. The molecule has 0 aromatic heterocycles. The number of halogens is 6. The lowest BCUT2D eigenvalue weighted by molar-refractivity contribution is -0.371. The third kappa shape index (κ3) is 3.68. The van der Waals surface area contributed by atoms with Crippen LogP contribution in [-0.2, 0) is 22.2 Å². The summed E-state index contributed by atoms with van der Waals surface area (Å²) in [5, 5.41) is 0. The van der Waals surface area contributed by atoms with E-state index < -0.39 is 36.8 Å². The van der Waals surface area contributed by atoms with Gasteiger partial charge >= 0.3 is 23.9 Å². The smallest absolute Gasteiger partial charge is 0.437 e. The molecule has 0 bridgehead atoms. The number of ether oxygens (including phenoxy) is 1. The van der Waals surface area contributed by atoms with Gasteiger partial charge in [0.1, 0.15) is 5.75 Å². The molecular weight excluding hydrogens is 274 g/mol. The van der Waals surface area contributed by atoms with Gasteiger partial charge in [-0.25, -0.2) is 0 Å². The molecule has 102 valence electrons. The fourth-order valence-corrected chi connectivity index (χ4v) is 1.37. The maximum absolute atomic E-state index is 12.5. The Bertz CT molecular complexity index is 258. The molecule has 0 N–H and O–H groups in total. The van der Waals surface area contributed by atoms with Crippen molar-refractivity contribution in [2.75, 3.05) is 5.75 Å². The van der Waals surface area contributed by atoms with Crippen LogP contribution in [0.15, 0.2) is 0 Å². The van der Waals surface area contributed by atoms with Crippen molar-refractivity contribution in [3.05, 3.63) is 0 Å². The van der Waals surface area contributed by atoms with Crippen molar-refractivity contribution in [3.63, 3.8) is 0 Å². The van der Waals surface area contributed by atoms with E-state index in [1.165, 1.54) is 0 Å². The molecular formula is C8H11F6O2S+. The first kappa shape index (κ1) is 16.4. The third-order valence-electron chi connectivity index (χ3n) is 1.94. The van der Waals surface area contributed by atoms with Crippen molar-refractivity contribution >= 4 is 18.6 Å². The zero-order chi connectivity index (χ0) is 13.9. The van der Waals surface area contributed by atoms with E-state index in [0.29, 0.717) is 6.92 Å². The number of rotatable bonds is 4. The topological polar surface area (TPSA) is 26.3 Å². The van der Waals surface area contributed by atoms with Gasteiger partial charge in [0.15, 0.2) is 0 Å². The van der Waals surface area contributed by atoms with Gasteiger partial charge in [-0.05, 0) is 19.0 Å². The highest BCUT2D eigenvalue weighted by Gasteiger charge is 2.73. The first-order chi connectivity index (χ1) is 7.48. The summed E-state index contributed by atoms with van der Waals surface area (Å²) in [6, 6.07) is 0. The molecule has 0 saturated heterocycles. The van der Waals surface area contributed by atoms with Crippen molar-refractivity contribution < 1.29 is 35.9 Å². The standard InChI is InChI=1S/C8H10F6O2S/c1-5(15)16-6(3-2-4-17,7(9,10)11)8(12,13)14/h17H,2-4H2,1H3/p+1. The molecule has 0 radical (unpaired) electrons. The maximum atomic E-state index is 12.5. The second kappa shape index (κ2) is 5.36. The Labute approximate surface area is 98.7 Å². The van der Waals surface area contributed by atoms with E-state index in [2.05, 4.69) is 17.4 Å². The lowest BCUT2D eigenvalue weighted by Crippen LogP contribution is -2.59. The van der Waals surface area contributed by atoms with Crippen LogP contribution in [0.3, 0.4) is 0 Å². The van der Waals surface area contributed by atoms with Crippen LogP contribution in [0.2, 0.25) is 0 Å². The van der Waals surface area contributed by atoms with Crippen LogP contribution in [0, 0.1) is 0 Å². The number of hydrogen-bond acceptors (Lipinski definition) is 2. The summed E-state index contributed by atoms with van der Waals surface area (Å²) in [4.78, 5) is 10.5. The summed E-state index contributed by atoms with van der Waals surface area (Å²) >= 11 is 2.77. The van der Waals surface area contributed by atoms with Crippen LogP contribution in [0.4, 0.5) is 26.3 Å². The Morgan fingerprint density at radius 3 is 1.76 bits per heavy atom. The zero-order valence-electron chi connectivity index (χ0n) is 8.71. The minimum Gasteiger partial charge on any atom is -0.440 e. The number of carbonyl (C=O) groups is 1. The summed E-state index contributed by atoms with van der Waals surface area (Å²) in [5.41, 5.74) is -4.43. The van der Waals surface area contributed by atoms with Gasteiger partial charge in [-0.1, -0.05) is 0 Å². The van der Waals surface area contributed by atoms with Crippen LogP contribution >= 0.6 is 0 Å². The molecule has 0 atom stereocenters. The molecule has 0 rings (SSSR count). The van der Waals surface area contributed by atoms with Gasteiger partial charge in [0, 0.05) is 13.3 Å². The van der Waals surface area contributed by atoms with Gasteiger partial charge in [-0.2, -0.15) is 26.3 Å². The molecule has 0 heterocycles. The van der Waals surface area contributed by atoms with E-state index in [1.54, 1.807) is 0 Å². The molecule has 0 aliphatic heterocycles. The summed E-state index contributed by atoms with van der Waals surface area (Å²) in [5.74, 6) is -1.71. The number of esters is 1. The largest absolute Gasteiger partial charge is 0.440 e. The van der Waals surface area contributed by atoms with Crippen LogP contribution in [-0.4, -0.2) is 29.7 Å². The summed E-state index contributed by atoms with van der Waals surface area (Å²) in [6.07, 6.45) is -13.2. The highest BCUT2D eigenvalue weighted by molar-refractivity contribution is 7.58. The Morgan fingerprint density at radius 2 is 1.53 bits per heavy atom. The van der Waals surface area contributed by atoms with Crippen molar-refractivity contribution in [2.45, 2.75) is 37.7 Å². The third-order valence-corrected chi connectivity index (χ3v) is 2.29. The molecule has 17 heavy (non-hydrogen) atoms. The maximum Gasteiger partial charge on any atom is 0.437 e. The molecule has 0 unspecified atom stereocenters. The molecule has 0 fully saturated rings. The van der Waals surface area contributed by atoms with Crippen molar-refractivity contribution in [1.29, 1.82) is 0 Å². The minimum absolute atomic E-state index is 0.0742. The SMILES string of the molecule is CC(=O)OC(CCC[SH2+])(C(F)(F)F)C(F)(F)F. The normalized spacial score (nSPS) is 13.6. The van der Waals surface area contributed by atoms with E-state index >= 15 is 0 Å². The average Bonchev–Trinajstić information content (AvgIpc) is 2.07. The predicted molar refractivity (Wildman–Crippen MR) is 50.9 cm³/mol. The van der Waals surface area contributed by atoms with Crippen LogP contribution in [0.1, 0.15) is 19.8 Å². The molecule has 0 spiro atoms. The van der Waals surface area contributed by atoms with E-state index in [4.69, 9.17) is 0 Å². The Hall–Kier alpha value is -0.600. The van der Waals surface area contributed by atoms with Gasteiger partial charge in [-0.3, -0.25) is 4.79 Å². The second-order valence-electron chi connectivity index (χ2n) is 3.27. The van der Waals surface area contributed by atoms with Crippen LogP contribution in [0.5, 0.6) is 0 Å². The van der Waals surface area contributed by atoms with Crippen LogP contribution < -0.4 is 0 Å². The number of alkyl halides is 6. The average molecular weight is 285 g/mol. The molecule has 0 aromatic carbocycles. The lowest BCUT2D eigenvalue weighted by Gasteiger charge is -2.35. The highest BCUT2D eigenvalue weighted by Crippen LogP contribution is 2.48. The van der Waals surface area contributed by atoms with Gasteiger partial charge in [0.05, 0.1) is 0 Å². The molecule has 0 aliphatic carbocycles. The van der Waals surface area contributed by atoms with Gasteiger partial charge in [0.25, 0.3) is 0 Å². The second-order valence-corrected chi connectivity index (χ2v) is 3.77. The lowest BCUT2D eigenvalue weighted by atomic mass is 9.96. The molecule has 0 saturated carbocycles. The predicted octanol–water partition coefficient (Wildman–Crippen LogP) is 2.20. The molecule has 2 nitrogen and oxygen atoms in total.